The van der Waals surface area contributed by atoms with E-state index in [1.807, 2.05) is 6.26 Å². The van der Waals surface area contributed by atoms with E-state index in [1.54, 1.807) is 18.2 Å². The summed E-state index contributed by atoms with van der Waals surface area (Å²) in [5.74, 6) is -0.943. The van der Waals surface area contributed by atoms with Crippen LogP contribution < -0.4 is 0 Å². The van der Waals surface area contributed by atoms with Crippen molar-refractivity contribution in [3.63, 3.8) is 0 Å². The Bertz CT molecular complexity index is 528. The third-order valence-corrected chi connectivity index (χ3v) is 2.75. The van der Waals surface area contributed by atoms with Crippen LogP contribution in [0.3, 0.4) is 0 Å². The van der Waals surface area contributed by atoms with Crippen LogP contribution in [-0.2, 0) is 0 Å². The van der Waals surface area contributed by atoms with Gasteiger partial charge in [0, 0.05) is 5.39 Å². The first-order valence-corrected chi connectivity index (χ1v) is 5.47. The van der Waals surface area contributed by atoms with Crippen LogP contribution in [0.15, 0.2) is 29.6 Å². The molecular weight excluding hydrogens is 212 g/mol. The summed E-state index contributed by atoms with van der Waals surface area (Å²) in [5, 5.41) is 10.6. The highest BCUT2D eigenvalue weighted by Gasteiger charge is 2.07. The van der Waals surface area contributed by atoms with Gasteiger partial charge in [0.1, 0.15) is 11.4 Å². The number of carboxylic acid groups (broad SMARTS) is 1. The summed E-state index contributed by atoms with van der Waals surface area (Å²) < 4.78 is 0. The first kappa shape index (κ1) is 9.92. The first-order valence-electron chi connectivity index (χ1n) is 4.24. The Hall–Kier alpha value is -1.62. The average molecular weight is 220 g/mol. The molecule has 0 radical (unpaired) electrons. The van der Waals surface area contributed by atoms with Gasteiger partial charge in [-0.25, -0.2) is 14.8 Å². The van der Waals surface area contributed by atoms with Gasteiger partial charge >= 0.3 is 5.97 Å². The predicted molar refractivity (Wildman–Crippen MR) is 58.3 cm³/mol. The van der Waals surface area contributed by atoms with Gasteiger partial charge in [0.15, 0.2) is 0 Å². The molecule has 0 bridgehead atoms. The molecule has 0 aliphatic heterocycles. The Morgan fingerprint density at radius 3 is 2.87 bits per heavy atom. The van der Waals surface area contributed by atoms with Gasteiger partial charge in [0.25, 0.3) is 0 Å². The van der Waals surface area contributed by atoms with Crippen molar-refractivity contribution in [2.24, 2.45) is 0 Å². The number of aromatic nitrogens is 2. The number of carbonyl (C=O) groups is 1. The SMILES string of the molecule is CSc1ncnc2cc(C(=O)O)ccc12. The Morgan fingerprint density at radius 2 is 2.20 bits per heavy atom. The Morgan fingerprint density at radius 1 is 1.40 bits per heavy atom. The van der Waals surface area contributed by atoms with Gasteiger partial charge in [-0.15, -0.1) is 11.8 Å². The quantitative estimate of drug-likeness (QED) is 0.620. The average Bonchev–Trinajstić information content (AvgIpc) is 2.27. The van der Waals surface area contributed by atoms with Crippen molar-refractivity contribution in [1.29, 1.82) is 0 Å². The molecule has 0 atom stereocenters. The van der Waals surface area contributed by atoms with E-state index >= 15 is 0 Å². The molecule has 1 heterocycles. The summed E-state index contributed by atoms with van der Waals surface area (Å²) in [4.78, 5) is 18.9. The zero-order valence-electron chi connectivity index (χ0n) is 7.97. The van der Waals surface area contributed by atoms with Gasteiger partial charge in [-0.05, 0) is 24.5 Å². The van der Waals surface area contributed by atoms with Gasteiger partial charge in [-0.2, -0.15) is 0 Å². The molecule has 0 saturated carbocycles. The zero-order valence-corrected chi connectivity index (χ0v) is 8.78. The van der Waals surface area contributed by atoms with E-state index in [2.05, 4.69) is 9.97 Å². The number of fused-ring (bicyclic) bond motifs is 1. The minimum Gasteiger partial charge on any atom is -0.478 e. The fourth-order valence-electron chi connectivity index (χ4n) is 1.33. The van der Waals surface area contributed by atoms with E-state index in [0.29, 0.717) is 5.52 Å². The van der Waals surface area contributed by atoms with Gasteiger partial charge < -0.3 is 5.11 Å². The van der Waals surface area contributed by atoms with Crippen LogP contribution >= 0.6 is 11.8 Å². The van der Waals surface area contributed by atoms with Gasteiger partial charge in [-0.3, -0.25) is 0 Å². The summed E-state index contributed by atoms with van der Waals surface area (Å²) in [5.41, 5.74) is 0.905. The Labute approximate surface area is 90.4 Å². The summed E-state index contributed by atoms with van der Waals surface area (Å²) in [6.45, 7) is 0. The van der Waals surface area contributed by atoms with E-state index in [9.17, 15) is 4.79 Å². The second kappa shape index (κ2) is 3.86. The molecule has 5 heteroatoms. The molecule has 1 aromatic heterocycles. The maximum Gasteiger partial charge on any atom is 0.335 e. The molecular formula is C10H8N2O2S. The van der Waals surface area contributed by atoms with Crippen LogP contribution in [-0.4, -0.2) is 27.3 Å². The van der Waals surface area contributed by atoms with Crippen LogP contribution in [0.25, 0.3) is 10.9 Å². The second-order valence-corrected chi connectivity index (χ2v) is 3.71. The fourth-order valence-corrected chi connectivity index (χ4v) is 1.87. The highest BCUT2D eigenvalue weighted by Crippen LogP contribution is 2.22. The van der Waals surface area contributed by atoms with Crippen molar-refractivity contribution in [1.82, 2.24) is 9.97 Å². The Balaban J connectivity index is 2.69. The predicted octanol–water partition coefficient (Wildman–Crippen LogP) is 2.05. The molecule has 15 heavy (non-hydrogen) atoms. The molecule has 2 aromatic rings. The number of aromatic carboxylic acids is 1. The van der Waals surface area contributed by atoms with Crippen LogP contribution in [0.2, 0.25) is 0 Å². The van der Waals surface area contributed by atoms with Crippen LogP contribution in [0.5, 0.6) is 0 Å². The molecule has 0 aliphatic rings. The number of hydrogen-bond acceptors (Lipinski definition) is 4. The molecule has 0 saturated heterocycles. The molecule has 2 rings (SSSR count). The minimum atomic E-state index is -0.943. The number of benzene rings is 1. The highest BCUT2D eigenvalue weighted by molar-refractivity contribution is 7.98. The number of nitrogens with zero attached hydrogens (tertiary/aromatic N) is 2. The maximum atomic E-state index is 10.8. The lowest BCUT2D eigenvalue weighted by molar-refractivity contribution is 0.0697. The molecule has 0 amide bonds. The molecule has 0 spiro atoms. The fraction of sp³-hybridized carbons (Fsp3) is 0.100. The van der Waals surface area contributed by atoms with Crippen molar-refractivity contribution >= 4 is 28.6 Å². The van der Waals surface area contributed by atoms with E-state index in [4.69, 9.17) is 5.11 Å². The molecule has 0 fully saturated rings. The Kier molecular flexibility index (Phi) is 2.55. The summed E-state index contributed by atoms with van der Waals surface area (Å²) in [7, 11) is 0. The van der Waals surface area contributed by atoms with Crippen LogP contribution in [0.1, 0.15) is 10.4 Å². The third kappa shape index (κ3) is 1.78. The van der Waals surface area contributed by atoms with Crippen molar-refractivity contribution in [2.45, 2.75) is 5.03 Å². The molecule has 1 N–H and O–H groups in total. The normalized spacial score (nSPS) is 10.5. The smallest absolute Gasteiger partial charge is 0.335 e. The topological polar surface area (TPSA) is 63.1 Å². The van der Waals surface area contributed by atoms with Crippen molar-refractivity contribution in [3.8, 4) is 0 Å². The maximum absolute atomic E-state index is 10.8. The molecule has 4 nitrogen and oxygen atoms in total. The van der Waals surface area contributed by atoms with Gasteiger partial charge in [-0.1, -0.05) is 0 Å². The lowest BCUT2D eigenvalue weighted by Gasteiger charge is -2.02. The number of rotatable bonds is 2. The van der Waals surface area contributed by atoms with Gasteiger partial charge in [0.2, 0.25) is 0 Å². The van der Waals surface area contributed by atoms with E-state index in [-0.39, 0.29) is 5.56 Å². The van der Waals surface area contributed by atoms with Crippen LogP contribution in [0, 0.1) is 0 Å². The standard InChI is InChI=1S/C10H8N2O2S/c1-15-9-7-3-2-6(10(13)14)4-8(7)11-5-12-9/h2-5H,1H3,(H,13,14). The largest absolute Gasteiger partial charge is 0.478 e. The number of carboxylic acids is 1. The van der Waals surface area contributed by atoms with Crippen molar-refractivity contribution < 1.29 is 9.90 Å². The summed E-state index contributed by atoms with van der Waals surface area (Å²) >= 11 is 1.51. The first-order chi connectivity index (χ1) is 7.22. The lowest BCUT2D eigenvalue weighted by atomic mass is 10.1. The van der Waals surface area contributed by atoms with Gasteiger partial charge in [0.05, 0.1) is 11.1 Å². The molecule has 0 unspecified atom stereocenters. The zero-order chi connectivity index (χ0) is 10.8. The number of hydrogen-bond donors (Lipinski definition) is 1. The van der Waals surface area contributed by atoms with E-state index in [1.165, 1.54) is 18.1 Å². The minimum absolute atomic E-state index is 0.244. The van der Waals surface area contributed by atoms with Crippen LogP contribution in [0.4, 0.5) is 0 Å². The number of thioether (sulfide) groups is 1. The van der Waals surface area contributed by atoms with E-state index in [0.717, 1.165) is 10.4 Å². The van der Waals surface area contributed by atoms with Crippen molar-refractivity contribution in [2.75, 3.05) is 6.26 Å². The lowest BCUT2D eigenvalue weighted by Crippen LogP contribution is -1.96. The summed E-state index contributed by atoms with van der Waals surface area (Å²) in [6, 6.07) is 4.86. The second-order valence-electron chi connectivity index (χ2n) is 2.92. The summed E-state index contributed by atoms with van der Waals surface area (Å²) in [6.07, 6.45) is 3.37. The molecule has 1 aromatic carbocycles. The third-order valence-electron chi connectivity index (χ3n) is 2.04. The van der Waals surface area contributed by atoms with E-state index < -0.39 is 5.97 Å². The molecule has 0 aliphatic carbocycles. The molecule has 76 valence electrons. The highest BCUT2D eigenvalue weighted by atomic mass is 32.2. The van der Waals surface area contributed by atoms with Crippen molar-refractivity contribution in [3.05, 3.63) is 30.1 Å². The monoisotopic (exact) mass is 220 g/mol.